The maximum Gasteiger partial charge on any atom is 0.331 e. The summed E-state index contributed by atoms with van der Waals surface area (Å²) in [5, 5.41) is 23.2. The minimum atomic E-state index is -1.31. The van der Waals surface area contributed by atoms with E-state index in [1.165, 1.54) is 0 Å². The van der Waals surface area contributed by atoms with Gasteiger partial charge in [-0.15, -0.1) is 30.9 Å². The monoisotopic (exact) mass is 216 g/mol. The highest BCUT2D eigenvalue weighted by Crippen LogP contribution is 1.94. The van der Waals surface area contributed by atoms with Gasteiger partial charge in [0.25, 0.3) is 0 Å². The average Bonchev–Trinajstić information content (AvgIpc) is 3.02. The maximum absolute atomic E-state index is 3.96. The zero-order valence-electron chi connectivity index (χ0n) is 8.20. The molecule has 0 amide bonds. The summed E-state index contributed by atoms with van der Waals surface area (Å²) in [4.78, 5) is 0. The second-order valence-corrected chi connectivity index (χ2v) is 3.25. The first-order valence-corrected chi connectivity index (χ1v) is 4.70. The number of rotatable bonds is 3. The highest BCUT2D eigenvalue weighted by Gasteiger charge is 2.12. The van der Waals surface area contributed by atoms with Crippen LogP contribution in [0.4, 0.5) is 0 Å². The minimum absolute atomic E-state index is 1.31. The largest absolute Gasteiger partial charge is 0.383 e. The van der Waals surface area contributed by atoms with Crippen LogP contribution in [0.5, 0.6) is 0 Å². The molecule has 0 bridgehead atoms. The van der Waals surface area contributed by atoms with Crippen LogP contribution in [0.25, 0.3) is 0 Å². The van der Waals surface area contributed by atoms with E-state index in [9.17, 15) is 0 Å². The van der Waals surface area contributed by atoms with Crippen molar-refractivity contribution in [3.8, 4) is 0 Å². The molecule has 3 aromatic heterocycles. The van der Waals surface area contributed by atoms with Gasteiger partial charge in [-0.3, -0.25) is 0 Å². The van der Waals surface area contributed by atoms with Crippen molar-refractivity contribution >= 4 is 7.12 Å². The van der Waals surface area contributed by atoms with Gasteiger partial charge >= 0.3 is 7.12 Å². The zero-order valence-corrected chi connectivity index (χ0v) is 8.20. The van der Waals surface area contributed by atoms with Gasteiger partial charge in [0, 0.05) is 18.6 Å². The van der Waals surface area contributed by atoms with E-state index < -0.39 is 7.12 Å². The Labute approximate surface area is 89.8 Å². The Balaban J connectivity index is 2.09. The summed E-state index contributed by atoms with van der Waals surface area (Å²) in [6.45, 7) is 0. The molecule has 3 aromatic rings. The fraction of sp³-hybridized carbons (Fsp3) is 0. The first-order valence-electron chi connectivity index (χ1n) is 4.70. The van der Waals surface area contributed by atoms with Crippen LogP contribution in [-0.4, -0.2) is 51.8 Å². The minimum Gasteiger partial charge on any atom is -0.383 e. The van der Waals surface area contributed by atoms with E-state index >= 15 is 0 Å². The SMILES string of the molecule is c1cn([BH-](n2ccnn2)n2ccnn2)nn1. The maximum atomic E-state index is 3.96. The second-order valence-electron chi connectivity index (χ2n) is 3.25. The molecule has 0 unspecified atom stereocenters. The van der Waals surface area contributed by atoms with Crippen LogP contribution in [0, 0.1) is 0 Å². The topological polar surface area (TPSA) is 92.1 Å². The van der Waals surface area contributed by atoms with Crippen LogP contribution < -0.4 is 0 Å². The normalized spacial score (nSPS) is 11.1. The van der Waals surface area contributed by atoms with E-state index in [0.29, 0.717) is 0 Å². The third kappa shape index (κ3) is 1.36. The molecule has 0 saturated carbocycles. The third-order valence-corrected chi connectivity index (χ3v) is 2.29. The number of nitrogens with zero attached hydrogens (tertiary/aromatic N) is 9. The van der Waals surface area contributed by atoms with Gasteiger partial charge < -0.3 is 13.8 Å². The van der Waals surface area contributed by atoms with Gasteiger partial charge in [0.15, 0.2) is 0 Å². The van der Waals surface area contributed by atoms with E-state index in [0.717, 1.165) is 0 Å². The lowest BCUT2D eigenvalue weighted by Gasteiger charge is -2.23. The summed E-state index contributed by atoms with van der Waals surface area (Å²) >= 11 is 0. The molecule has 0 aliphatic carbocycles. The molecule has 16 heavy (non-hydrogen) atoms. The first kappa shape index (κ1) is 8.77. The van der Waals surface area contributed by atoms with Crippen LogP contribution >= 0.6 is 0 Å². The predicted octanol–water partition coefficient (Wildman–Crippen LogP) is -1.88. The quantitative estimate of drug-likeness (QED) is 0.476. The van der Waals surface area contributed by atoms with Crippen molar-refractivity contribution in [3.05, 3.63) is 37.2 Å². The van der Waals surface area contributed by atoms with Crippen LogP contribution in [0.1, 0.15) is 0 Å². The molecule has 0 N–H and O–H groups in total. The Morgan fingerprint density at radius 2 is 1.00 bits per heavy atom. The molecule has 0 aliphatic heterocycles. The summed E-state index contributed by atoms with van der Waals surface area (Å²) in [6.07, 6.45) is 10.1. The molecule has 10 heteroatoms. The fourth-order valence-corrected chi connectivity index (χ4v) is 1.60. The van der Waals surface area contributed by atoms with Crippen molar-refractivity contribution in [2.75, 3.05) is 0 Å². The summed E-state index contributed by atoms with van der Waals surface area (Å²) in [5.74, 6) is 0. The number of hydrogen-bond donors (Lipinski definition) is 0. The Bertz CT molecular complexity index is 445. The standard InChI is InChI=1S/C6H7BN9/c1-4-14(11-8-1)7(15-5-2-9-12-15)16-6-3-10-13-16/h1-7H/q-1. The summed E-state index contributed by atoms with van der Waals surface area (Å²) in [7, 11) is -1.31. The number of aromatic nitrogens is 9. The molecule has 0 aliphatic rings. The second kappa shape index (κ2) is 3.57. The molecule has 0 saturated heterocycles. The van der Waals surface area contributed by atoms with E-state index in [1.54, 1.807) is 51.0 Å². The van der Waals surface area contributed by atoms with E-state index in [4.69, 9.17) is 0 Å². The summed E-state index contributed by atoms with van der Waals surface area (Å²) < 4.78 is 5.05. The molecule has 80 valence electrons. The Kier molecular flexibility index (Phi) is 1.95. The first-order chi connectivity index (χ1) is 7.95. The average molecular weight is 216 g/mol. The van der Waals surface area contributed by atoms with Crippen LogP contribution in [0.3, 0.4) is 0 Å². The lowest BCUT2D eigenvalue weighted by molar-refractivity contribution is 0.712. The predicted molar refractivity (Wildman–Crippen MR) is 53.4 cm³/mol. The van der Waals surface area contributed by atoms with Crippen LogP contribution in [0.2, 0.25) is 0 Å². The Morgan fingerprint density at radius 3 is 1.25 bits per heavy atom. The van der Waals surface area contributed by atoms with Crippen molar-refractivity contribution in [1.82, 2.24) is 44.7 Å². The molecule has 0 fully saturated rings. The van der Waals surface area contributed by atoms with Gasteiger partial charge in [-0.2, -0.15) is 0 Å². The van der Waals surface area contributed by atoms with Crippen molar-refractivity contribution in [2.45, 2.75) is 0 Å². The highest BCUT2D eigenvalue weighted by molar-refractivity contribution is 6.52. The Hall–Kier alpha value is -2.52. The molecular formula is C6H7BN9-. The van der Waals surface area contributed by atoms with Crippen molar-refractivity contribution in [1.29, 1.82) is 0 Å². The molecule has 0 aromatic carbocycles. The van der Waals surface area contributed by atoms with E-state index in [-0.39, 0.29) is 0 Å². The number of hydrogen-bond acceptors (Lipinski definition) is 6. The molecule has 3 heterocycles. The third-order valence-electron chi connectivity index (χ3n) is 2.29. The smallest absolute Gasteiger partial charge is 0.331 e. The highest BCUT2D eigenvalue weighted by atomic mass is 15.5. The van der Waals surface area contributed by atoms with Gasteiger partial charge in [-0.1, -0.05) is 0 Å². The van der Waals surface area contributed by atoms with Crippen molar-refractivity contribution in [2.24, 2.45) is 0 Å². The summed E-state index contributed by atoms with van der Waals surface area (Å²) in [6, 6.07) is 0. The van der Waals surface area contributed by atoms with Crippen molar-refractivity contribution < 1.29 is 0 Å². The zero-order chi connectivity index (χ0) is 10.8. The lowest BCUT2D eigenvalue weighted by atomic mass is 9.96. The molecule has 3 rings (SSSR count). The molecular weight excluding hydrogens is 209 g/mol. The molecule has 0 atom stereocenters. The van der Waals surface area contributed by atoms with Crippen LogP contribution in [0.15, 0.2) is 37.2 Å². The van der Waals surface area contributed by atoms with Gasteiger partial charge in [-0.05, 0) is 0 Å². The molecule has 9 nitrogen and oxygen atoms in total. The van der Waals surface area contributed by atoms with Gasteiger partial charge in [0.2, 0.25) is 0 Å². The summed E-state index contributed by atoms with van der Waals surface area (Å²) in [5.41, 5.74) is 0. The van der Waals surface area contributed by atoms with E-state index in [1.807, 2.05) is 0 Å². The Morgan fingerprint density at radius 1 is 0.625 bits per heavy atom. The molecule has 0 radical (unpaired) electrons. The fourth-order valence-electron chi connectivity index (χ4n) is 1.60. The van der Waals surface area contributed by atoms with Gasteiger partial charge in [0.05, 0.1) is 18.6 Å². The van der Waals surface area contributed by atoms with Gasteiger partial charge in [-0.25, -0.2) is 0 Å². The lowest BCUT2D eigenvalue weighted by Crippen LogP contribution is -2.43. The van der Waals surface area contributed by atoms with E-state index in [2.05, 4.69) is 30.9 Å². The van der Waals surface area contributed by atoms with Gasteiger partial charge in [0.1, 0.15) is 0 Å². The van der Waals surface area contributed by atoms with Crippen molar-refractivity contribution in [3.63, 3.8) is 0 Å². The molecule has 0 spiro atoms. The van der Waals surface area contributed by atoms with Crippen LogP contribution in [-0.2, 0) is 0 Å².